The van der Waals surface area contributed by atoms with Crippen molar-refractivity contribution in [2.45, 2.75) is 13.5 Å². The van der Waals surface area contributed by atoms with Gasteiger partial charge in [-0.3, -0.25) is 4.79 Å². The van der Waals surface area contributed by atoms with Crippen LogP contribution in [0, 0.1) is 24.1 Å². The van der Waals surface area contributed by atoms with E-state index in [1.807, 2.05) is 6.07 Å². The van der Waals surface area contributed by atoms with E-state index in [0.717, 1.165) is 5.56 Å². The van der Waals surface area contributed by atoms with E-state index in [9.17, 15) is 14.4 Å². The zero-order valence-electron chi connectivity index (χ0n) is 13.8. The molecule has 0 fully saturated rings. The summed E-state index contributed by atoms with van der Waals surface area (Å²) in [5.74, 6) is 0.0795. The van der Waals surface area contributed by atoms with Gasteiger partial charge in [-0.15, -0.1) is 0 Å². The Morgan fingerprint density at radius 2 is 2.04 bits per heavy atom. The van der Waals surface area contributed by atoms with Crippen molar-refractivity contribution >= 4 is 11.6 Å². The lowest BCUT2D eigenvalue weighted by Gasteiger charge is -2.10. The van der Waals surface area contributed by atoms with Crippen molar-refractivity contribution in [2.24, 2.45) is 0 Å². The van der Waals surface area contributed by atoms with Crippen molar-refractivity contribution in [3.63, 3.8) is 0 Å². The summed E-state index contributed by atoms with van der Waals surface area (Å²) in [6, 6.07) is 15.2. The van der Waals surface area contributed by atoms with Crippen molar-refractivity contribution in [1.82, 2.24) is 4.98 Å². The van der Waals surface area contributed by atoms with Crippen LogP contribution in [-0.4, -0.2) is 4.98 Å². The van der Waals surface area contributed by atoms with E-state index in [2.05, 4.69) is 4.98 Å². The highest BCUT2D eigenvalue weighted by Crippen LogP contribution is 2.26. The fraction of sp³-hybridized carbons (Fsp3) is 0.100. The average molecular weight is 369 g/mol. The maximum absolute atomic E-state index is 13.2. The van der Waals surface area contributed by atoms with E-state index >= 15 is 0 Å². The molecule has 0 aliphatic carbocycles. The summed E-state index contributed by atoms with van der Waals surface area (Å²) in [4.78, 5) is 14.6. The molecule has 0 aliphatic heterocycles. The smallest absolute Gasteiger partial charge is 0.266 e. The number of pyridine rings is 1. The summed E-state index contributed by atoms with van der Waals surface area (Å²) in [6.07, 6.45) is 0. The summed E-state index contributed by atoms with van der Waals surface area (Å²) in [5.41, 5.74) is 2.27. The minimum atomic E-state index is -0.480. The molecule has 6 heteroatoms. The zero-order chi connectivity index (χ0) is 18.7. The summed E-state index contributed by atoms with van der Waals surface area (Å²) in [7, 11) is 0. The van der Waals surface area contributed by atoms with Crippen LogP contribution in [0.5, 0.6) is 5.75 Å². The van der Waals surface area contributed by atoms with Gasteiger partial charge >= 0.3 is 0 Å². The third-order valence-corrected chi connectivity index (χ3v) is 4.10. The Morgan fingerprint density at radius 1 is 1.23 bits per heavy atom. The van der Waals surface area contributed by atoms with E-state index in [0.29, 0.717) is 22.6 Å². The fourth-order valence-electron chi connectivity index (χ4n) is 2.58. The molecule has 1 aromatic heterocycles. The van der Waals surface area contributed by atoms with Crippen LogP contribution in [-0.2, 0) is 6.61 Å². The van der Waals surface area contributed by atoms with Crippen molar-refractivity contribution in [1.29, 1.82) is 5.26 Å². The molecule has 0 radical (unpaired) electrons. The molecule has 4 nitrogen and oxygen atoms in total. The molecular formula is C20H14ClFN2O2. The van der Waals surface area contributed by atoms with Crippen LogP contribution >= 0.6 is 11.6 Å². The Hall–Kier alpha value is -3.10. The molecule has 2 aromatic carbocycles. The number of hydrogen-bond donors (Lipinski definition) is 1. The monoisotopic (exact) mass is 368 g/mol. The number of benzene rings is 2. The number of nitrogens with one attached hydrogen (secondary N) is 1. The molecule has 0 saturated carbocycles. The van der Waals surface area contributed by atoms with Crippen LogP contribution in [0.4, 0.5) is 4.39 Å². The summed E-state index contributed by atoms with van der Waals surface area (Å²) in [5, 5.41) is 9.32. The average Bonchev–Trinajstić information content (AvgIpc) is 2.62. The third-order valence-electron chi connectivity index (χ3n) is 3.81. The number of halogens is 2. The van der Waals surface area contributed by atoms with Gasteiger partial charge in [-0.05, 0) is 48.4 Å². The first-order valence-electron chi connectivity index (χ1n) is 7.79. The van der Waals surface area contributed by atoms with Gasteiger partial charge in [0.25, 0.3) is 5.56 Å². The highest BCUT2D eigenvalue weighted by atomic mass is 35.5. The maximum atomic E-state index is 13.2. The number of hydrogen-bond acceptors (Lipinski definition) is 3. The zero-order valence-corrected chi connectivity index (χ0v) is 14.6. The lowest BCUT2D eigenvalue weighted by atomic mass is 10.0. The first-order chi connectivity index (χ1) is 12.5. The number of ether oxygens (including phenoxy) is 1. The summed E-state index contributed by atoms with van der Waals surface area (Å²) in [6.45, 7) is 1.97. The molecule has 26 heavy (non-hydrogen) atoms. The maximum Gasteiger partial charge on any atom is 0.266 e. The van der Waals surface area contributed by atoms with E-state index < -0.39 is 11.4 Å². The van der Waals surface area contributed by atoms with E-state index in [1.54, 1.807) is 43.3 Å². The third kappa shape index (κ3) is 3.76. The Kier molecular flexibility index (Phi) is 5.06. The molecule has 0 amide bonds. The van der Waals surface area contributed by atoms with Crippen LogP contribution in [0.25, 0.3) is 11.1 Å². The van der Waals surface area contributed by atoms with Gasteiger partial charge in [-0.25, -0.2) is 4.39 Å². The highest BCUT2D eigenvalue weighted by Gasteiger charge is 2.11. The Labute approximate surface area is 154 Å². The Balaban J connectivity index is 1.88. The first-order valence-corrected chi connectivity index (χ1v) is 8.17. The van der Waals surface area contributed by atoms with Crippen LogP contribution in [0.3, 0.4) is 0 Å². The molecular weight excluding hydrogens is 355 g/mol. The molecule has 0 atom stereocenters. The molecule has 3 rings (SSSR count). The molecule has 3 aromatic rings. The van der Waals surface area contributed by atoms with E-state index in [4.69, 9.17) is 16.3 Å². The molecule has 0 unspecified atom stereocenters. The Morgan fingerprint density at radius 3 is 2.77 bits per heavy atom. The minimum Gasteiger partial charge on any atom is -0.489 e. The largest absolute Gasteiger partial charge is 0.489 e. The molecule has 1 N–H and O–H groups in total. The van der Waals surface area contributed by atoms with Gasteiger partial charge in [0.15, 0.2) is 0 Å². The van der Waals surface area contributed by atoms with Gasteiger partial charge in [0.2, 0.25) is 0 Å². The normalized spacial score (nSPS) is 10.4. The van der Waals surface area contributed by atoms with E-state index in [1.165, 1.54) is 12.1 Å². The van der Waals surface area contributed by atoms with Gasteiger partial charge < -0.3 is 9.72 Å². The standard InChI is InChI=1S/C20H14ClFN2O2/c1-12-7-16(17(10-23)20(25)24-12)14-3-2-4-15(9-14)26-11-13-5-6-19(22)18(21)8-13/h2-9H,11H2,1H3,(H,24,25). The quantitative estimate of drug-likeness (QED) is 0.732. The van der Waals surface area contributed by atoms with Gasteiger partial charge in [-0.1, -0.05) is 29.8 Å². The Bertz CT molecular complexity index is 1070. The van der Waals surface area contributed by atoms with Crippen LogP contribution < -0.4 is 10.3 Å². The molecule has 0 bridgehead atoms. The number of aryl methyl sites for hydroxylation is 1. The highest BCUT2D eigenvalue weighted by molar-refractivity contribution is 6.30. The van der Waals surface area contributed by atoms with Crippen molar-refractivity contribution < 1.29 is 9.13 Å². The van der Waals surface area contributed by atoms with Gasteiger partial charge in [0.1, 0.15) is 29.8 Å². The fourth-order valence-corrected chi connectivity index (χ4v) is 2.78. The predicted octanol–water partition coefficient (Wildman–Crippen LogP) is 4.59. The lowest BCUT2D eigenvalue weighted by Crippen LogP contribution is -2.12. The second-order valence-corrected chi connectivity index (χ2v) is 6.15. The van der Waals surface area contributed by atoms with Gasteiger partial charge in [0.05, 0.1) is 5.02 Å². The first kappa shape index (κ1) is 17.7. The van der Waals surface area contributed by atoms with Crippen LogP contribution in [0.2, 0.25) is 5.02 Å². The van der Waals surface area contributed by atoms with Gasteiger partial charge in [-0.2, -0.15) is 5.26 Å². The number of nitriles is 1. The van der Waals surface area contributed by atoms with Crippen LogP contribution in [0.1, 0.15) is 16.8 Å². The summed E-state index contributed by atoms with van der Waals surface area (Å²) < 4.78 is 18.9. The van der Waals surface area contributed by atoms with E-state index in [-0.39, 0.29) is 17.2 Å². The molecule has 0 spiro atoms. The predicted molar refractivity (Wildman–Crippen MR) is 97.7 cm³/mol. The topological polar surface area (TPSA) is 65.9 Å². The second-order valence-electron chi connectivity index (χ2n) is 5.75. The number of aromatic amines is 1. The van der Waals surface area contributed by atoms with Crippen LogP contribution in [0.15, 0.2) is 53.3 Å². The van der Waals surface area contributed by atoms with Gasteiger partial charge in [0, 0.05) is 11.3 Å². The summed E-state index contributed by atoms with van der Waals surface area (Å²) >= 11 is 5.77. The molecule has 130 valence electrons. The molecule has 0 aliphatic rings. The lowest BCUT2D eigenvalue weighted by molar-refractivity contribution is 0.306. The number of rotatable bonds is 4. The number of aromatic nitrogens is 1. The molecule has 1 heterocycles. The minimum absolute atomic E-state index is 0.0394. The van der Waals surface area contributed by atoms with Crippen molar-refractivity contribution in [2.75, 3.05) is 0 Å². The van der Waals surface area contributed by atoms with Crippen molar-refractivity contribution in [3.05, 3.63) is 86.5 Å². The number of H-pyrrole nitrogens is 1. The van der Waals surface area contributed by atoms with Crippen molar-refractivity contribution in [3.8, 4) is 22.9 Å². The molecule has 0 saturated heterocycles. The number of nitrogens with zero attached hydrogens (tertiary/aromatic N) is 1. The SMILES string of the molecule is Cc1cc(-c2cccc(OCc3ccc(F)c(Cl)c3)c2)c(C#N)c(=O)[nH]1. The second kappa shape index (κ2) is 7.42.